The number of likely N-dealkylation sites (tertiary alicyclic amines) is 1. The third-order valence-electron chi connectivity index (χ3n) is 3.89. The summed E-state index contributed by atoms with van der Waals surface area (Å²) in [5.74, 6) is 1.76. The van der Waals surface area contributed by atoms with Crippen LogP contribution in [0.4, 0.5) is 0 Å². The predicted molar refractivity (Wildman–Crippen MR) is 71.4 cm³/mol. The van der Waals surface area contributed by atoms with Gasteiger partial charge in [0, 0.05) is 6.54 Å². The van der Waals surface area contributed by atoms with Gasteiger partial charge in [0.1, 0.15) is 5.75 Å². The van der Waals surface area contributed by atoms with Gasteiger partial charge in [-0.1, -0.05) is 25.5 Å². The van der Waals surface area contributed by atoms with Crippen molar-refractivity contribution in [1.29, 1.82) is 0 Å². The fourth-order valence-electron chi connectivity index (χ4n) is 3.04. The lowest BCUT2D eigenvalue weighted by Gasteiger charge is -2.23. The lowest BCUT2D eigenvalue weighted by atomic mass is 9.82. The Bertz CT molecular complexity index is 364. The van der Waals surface area contributed by atoms with E-state index >= 15 is 0 Å². The molecule has 0 radical (unpaired) electrons. The van der Waals surface area contributed by atoms with Gasteiger partial charge in [-0.05, 0) is 56.0 Å². The van der Waals surface area contributed by atoms with E-state index in [9.17, 15) is 5.11 Å². The summed E-state index contributed by atoms with van der Waals surface area (Å²) in [6, 6.07) is 7.83. The fourth-order valence-corrected chi connectivity index (χ4v) is 3.04. The topological polar surface area (TPSA) is 23.5 Å². The zero-order valence-corrected chi connectivity index (χ0v) is 10.9. The van der Waals surface area contributed by atoms with Crippen LogP contribution in [0.2, 0.25) is 0 Å². The highest BCUT2D eigenvalue weighted by atomic mass is 16.3. The molecule has 1 aromatic rings. The van der Waals surface area contributed by atoms with Crippen LogP contribution in [0.1, 0.15) is 37.7 Å². The van der Waals surface area contributed by atoms with Crippen molar-refractivity contribution in [3.8, 4) is 5.75 Å². The first kappa shape index (κ1) is 12.4. The van der Waals surface area contributed by atoms with Crippen LogP contribution in [0.15, 0.2) is 24.3 Å². The number of hydrogen-bond acceptors (Lipinski definition) is 2. The van der Waals surface area contributed by atoms with E-state index < -0.39 is 0 Å². The standard InChI is InChI=1S/C15H23NO/c1-3-5-15(13-8-9-16(2)11-13)12-6-4-7-14(17)10-12/h4,6-7,10,13,15,17H,3,5,8-9,11H2,1-2H3/t13-,15-/m0/s1. The van der Waals surface area contributed by atoms with E-state index in [2.05, 4.69) is 24.9 Å². The normalized spacial score (nSPS) is 22.8. The first-order valence-electron chi connectivity index (χ1n) is 6.68. The highest BCUT2D eigenvalue weighted by Crippen LogP contribution is 2.36. The molecule has 94 valence electrons. The van der Waals surface area contributed by atoms with Gasteiger partial charge in [-0.3, -0.25) is 0 Å². The maximum absolute atomic E-state index is 9.61. The molecule has 0 saturated carbocycles. The second kappa shape index (κ2) is 5.54. The summed E-state index contributed by atoms with van der Waals surface area (Å²) in [5, 5.41) is 9.61. The second-order valence-corrected chi connectivity index (χ2v) is 5.30. The molecule has 1 aromatic carbocycles. The molecule has 0 aromatic heterocycles. The number of hydrogen-bond donors (Lipinski definition) is 1. The molecule has 1 saturated heterocycles. The SMILES string of the molecule is CCC[C@@H](c1cccc(O)c1)[C@H]1CCN(C)C1. The van der Waals surface area contributed by atoms with Gasteiger partial charge in [0.05, 0.1) is 0 Å². The summed E-state index contributed by atoms with van der Waals surface area (Å²) >= 11 is 0. The van der Waals surface area contributed by atoms with E-state index in [1.807, 2.05) is 12.1 Å². The molecule has 1 N–H and O–H groups in total. The van der Waals surface area contributed by atoms with Gasteiger partial charge in [-0.15, -0.1) is 0 Å². The summed E-state index contributed by atoms with van der Waals surface area (Å²) in [5.41, 5.74) is 1.31. The molecule has 0 aliphatic carbocycles. The third kappa shape index (κ3) is 3.01. The van der Waals surface area contributed by atoms with E-state index in [1.165, 1.54) is 37.9 Å². The molecule has 0 spiro atoms. The minimum Gasteiger partial charge on any atom is -0.508 e. The molecule has 1 heterocycles. The van der Waals surface area contributed by atoms with E-state index in [4.69, 9.17) is 0 Å². The van der Waals surface area contributed by atoms with Crippen LogP contribution in [-0.4, -0.2) is 30.1 Å². The molecule has 2 rings (SSSR count). The van der Waals surface area contributed by atoms with Crippen molar-refractivity contribution >= 4 is 0 Å². The molecular weight excluding hydrogens is 210 g/mol. The van der Waals surface area contributed by atoms with E-state index in [0.717, 1.165) is 5.92 Å². The number of rotatable bonds is 4. The minimum atomic E-state index is 0.398. The molecule has 2 nitrogen and oxygen atoms in total. The third-order valence-corrected chi connectivity index (χ3v) is 3.89. The Kier molecular flexibility index (Phi) is 4.06. The molecule has 0 amide bonds. The molecule has 2 heteroatoms. The van der Waals surface area contributed by atoms with Gasteiger partial charge < -0.3 is 10.0 Å². The fraction of sp³-hybridized carbons (Fsp3) is 0.600. The molecule has 0 unspecified atom stereocenters. The highest BCUT2D eigenvalue weighted by Gasteiger charge is 2.28. The molecule has 1 fully saturated rings. The van der Waals surface area contributed by atoms with Crippen LogP contribution in [0.5, 0.6) is 5.75 Å². The number of phenolic OH excluding ortho intramolecular Hbond substituents is 1. The van der Waals surface area contributed by atoms with E-state index in [1.54, 1.807) is 6.07 Å². The quantitative estimate of drug-likeness (QED) is 0.863. The first-order valence-corrected chi connectivity index (χ1v) is 6.68. The average molecular weight is 233 g/mol. The summed E-state index contributed by atoms with van der Waals surface area (Å²) in [6.07, 6.45) is 3.72. The number of nitrogens with zero attached hydrogens (tertiary/aromatic N) is 1. The van der Waals surface area contributed by atoms with Crippen molar-refractivity contribution in [1.82, 2.24) is 4.90 Å². The van der Waals surface area contributed by atoms with E-state index in [0.29, 0.717) is 11.7 Å². The van der Waals surface area contributed by atoms with Crippen molar-refractivity contribution in [2.45, 2.75) is 32.1 Å². The zero-order valence-electron chi connectivity index (χ0n) is 10.9. The lowest BCUT2D eigenvalue weighted by molar-refractivity contribution is 0.359. The Labute approximate surface area is 104 Å². The number of phenols is 1. The molecule has 1 aliphatic rings. The summed E-state index contributed by atoms with van der Waals surface area (Å²) in [4.78, 5) is 2.41. The van der Waals surface area contributed by atoms with Crippen LogP contribution in [0, 0.1) is 5.92 Å². The van der Waals surface area contributed by atoms with Crippen molar-refractivity contribution in [2.24, 2.45) is 5.92 Å². The van der Waals surface area contributed by atoms with Crippen LogP contribution >= 0.6 is 0 Å². The Morgan fingerprint density at radius 1 is 1.47 bits per heavy atom. The number of benzene rings is 1. The number of aromatic hydroxyl groups is 1. The van der Waals surface area contributed by atoms with Crippen molar-refractivity contribution in [3.05, 3.63) is 29.8 Å². The maximum atomic E-state index is 9.61. The molecule has 2 atom stereocenters. The zero-order chi connectivity index (χ0) is 12.3. The van der Waals surface area contributed by atoms with Gasteiger partial charge >= 0.3 is 0 Å². The van der Waals surface area contributed by atoms with Crippen molar-refractivity contribution < 1.29 is 5.11 Å². The summed E-state index contributed by atoms with van der Waals surface area (Å²) in [6.45, 7) is 4.65. The van der Waals surface area contributed by atoms with Crippen LogP contribution < -0.4 is 0 Å². The first-order chi connectivity index (χ1) is 8.20. The molecule has 0 bridgehead atoms. The summed E-state index contributed by atoms with van der Waals surface area (Å²) in [7, 11) is 2.20. The van der Waals surface area contributed by atoms with E-state index in [-0.39, 0.29) is 0 Å². The molecule has 17 heavy (non-hydrogen) atoms. The van der Waals surface area contributed by atoms with Crippen LogP contribution in [-0.2, 0) is 0 Å². The second-order valence-electron chi connectivity index (χ2n) is 5.30. The van der Waals surface area contributed by atoms with Gasteiger partial charge in [-0.25, -0.2) is 0 Å². The minimum absolute atomic E-state index is 0.398. The summed E-state index contributed by atoms with van der Waals surface area (Å²) < 4.78 is 0. The largest absolute Gasteiger partial charge is 0.508 e. The van der Waals surface area contributed by atoms with Gasteiger partial charge in [0.25, 0.3) is 0 Å². The highest BCUT2D eigenvalue weighted by molar-refractivity contribution is 5.30. The Morgan fingerprint density at radius 2 is 2.29 bits per heavy atom. The van der Waals surface area contributed by atoms with Gasteiger partial charge in [0.2, 0.25) is 0 Å². The lowest BCUT2D eigenvalue weighted by Crippen LogP contribution is -2.18. The smallest absolute Gasteiger partial charge is 0.115 e. The Balaban J connectivity index is 2.16. The predicted octanol–water partition coefficient (Wildman–Crippen LogP) is 3.23. The maximum Gasteiger partial charge on any atom is 0.115 e. The molecular formula is C15H23NO. The van der Waals surface area contributed by atoms with Crippen LogP contribution in [0.3, 0.4) is 0 Å². The van der Waals surface area contributed by atoms with Crippen LogP contribution in [0.25, 0.3) is 0 Å². The Morgan fingerprint density at radius 3 is 2.88 bits per heavy atom. The average Bonchev–Trinajstić information content (AvgIpc) is 2.72. The van der Waals surface area contributed by atoms with Gasteiger partial charge in [-0.2, -0.15) is 0 Å². The Hall–Kier alpha value is -1.02. The van der Waals surface area contributed by atoms with Crippen molar-refractivity contribution in [3.63, 3.8) is 0 Å². The monoisotopic (exact) mass is 233 g/mol. The van der Waals surface area contributed by atoms with Gasteiger partial charge in [0.15, 0.2) is 0 Å². The molecule has 1 aliphatic heterocycles. The van der Waals surface area contributed by atoms with Crippen molar-refractivity contribution in [2.75, 3.05) is 20.1 Å².